The second-order valence-electron chi connectivity index (χ2n) is 4.89. The molecule has 0 aromatic heterocycles. The van der Waals surface area contributed by atoms with Gasteiger partial charge < -0.3 is 4.90 Å². The highest BCUT2D eigenvalue weighted by atomic mass is 15.2. The van der Waals surface area contributed by atoms with Crippen LogP contribution in [-0.4, -0.2) is 23.5 Å². The maximum Gasteiger partial charge on any atom is 0.146 e. The Morgan fingerprint density at radius 3 is 3.00 bits per heavy atom. The number of hydrogen-bond donors (Lipinski definition) is 0. The molecule has 1 aromatic rings. The predicted molar refractivity (Wildman–Crippen MR) is 75.0 cm³/mol. The van der Waals surface area contributed by atoms with E-state index >= 15 is 0 Å². The lowest BCUT2D eigenvalue weighted by molar-refractivity contribution is 0.373. The molecule has 0 bridgehead atoms. The van der Waals surface area contributed by atoms with Gasteiger partial charge in [-0.2, -0.15) is 0 Å². The molecule has 3 rings (SSSR count). The first kappa shape index (κ1) is 11.2. The van der Waals surface area contributed by atoms with Gasteiger partial charge in [-0.3, -0.25) is 9.98 Å². The largest absolute Gasteiger partial charge is 0.323 e. The Morgan fingerprint density at radius 2 is 2.17 bits per heavy atom. The average Bonchev–Trinajstić information content (AvgIpc) is 2.38. The summed E-state index contributed by atoms with van der Waals surface area (Å²) in [6.07, 6.45) is 6.77. The lowest BCUT2D eigenvalue weighted by atomic mass is 9.95. The summed E-state index contributed by atoms with van der Waals surface area (Å²) in [5.74, 6) is 0.980. The Kier molecular flexibility index (Phi) is 2.74. The second-order valence-corrected chi connectivity index (χ2v) is 4.89. The van der Waals surface area contributed by atoms with Crippen molar-refractivity contribution in [1.82, 2.24) is 4.90 Å². The Balaban J connectivity index is 1.99. The van der Waals surface area contributed by atoms with Crippen molar-refractivity contribution in [2.24, 2.45) is 9.98 Å². The number of aryl methyl sites for hydroxylation is 2. The summed E-state index contributed by atoms with van der Waals surface area (Å²) in [6, 6.07) is 7.08. The normalized spacial score (nSPS) is 21.8. The Hall–Kier alpha value is -1.90. The zero-order valence-corrected chi connectivity index (χ0v) is 10.8. The highest BCUT2D eigenvalue weighted by Crippen LogP contribution is 2.31. The van der Waals surface area contributed by atoms with Crippen LogP contribution in [0.25, 0.3) is 0 Å². The van der Waals surface area contributed by atoms with E-state index in [4.69, 9.17) is 0 Å². The summed E-state index contributed by atoms with van der Waals surface area (Å²) in [7, 11) is 0. The molecule has 0 spiro atoms. The van der Waals surface area contributed by atoms with Crippen LogP contribution in [0.5, 0.6) is 0 Å². The van der Waals surface area contributed by atoms with Crippen molar-refractivity contribution in [2.75, 3.05) is 6.54 Å². The Labute approximate surface area is 108 Å². The molecule has 0 radical (unpaired) electrons. The van der Waals surface area contributed by atoms with Gasteiger partial charge in [0, 0.05) is 18.9 Å². The first-order chi connectivity index (χ1) is 8.75. The van der Waals surface area contributed by atoms with Crippen LogP contribution in [0.1, 0.15) is 29.2 Å². The van der Waals surface area contributed by atoms with Gasteiger partial charge in [-0.25, -0.2) is 0 Å². The van der Waals surface area contributed by atoms with Gasteiger partial charge in [0.2, 0.25) is 0 Å². The van der Waals surface area contributed by atoms with E-state index in [2.05, 4.69) is 46.9 Å². The van der Waals surface area contributed by atoms with Crippen molar-refractivity contribution in [3.8, 4) is 0 Å². The standard InChI is InChI=1S/C15H17N3/c1-11-3-4-13(12(2)9-11)14-5-6-17-15-10-16-7-8-18(14)15/h3-4,7-10,14H,5-6H2,1-2H3. The predicted octanol–water partition coefficient (Wildman–Crippen LogP) is 3.00. The Bertz CT molecular complexity index is 555. The van der Waals surface area contributed by atoms with Gasteiger partial charge in [0.15, 0.2) is 0 Å². The van der Waals surface area contributed by atoms with Crippen molar-refractivity contribution < 1.29 is 0 Å². The highest BCUT2D eigenvalue weighted by Gasteiger charge is 2.26. The third-order valence-corrected chi connectivity index (χ3v) is 3.56. The molecule has 1 aromatic carbocycles. The molecule has 0 amide bonds. The van der Waals surface area contributed by atoms with Gasteiger partial charge in [0.05, 0.1) is 12.3 Å². The summed E-state index contributed by atoms with van der Waals surface area (Å²) >= 11 is 0. The highest BCUT2D eigenvalue weighted by molar-refractivity contribution is 6.30. The monoisotopic (exact) mass is 239 g/mol. The molecule has 2 heterocycles. The summed E-state index contributed by atoms with van der Waals surface area (Å²) in [5, 5.41) is 0. The number of aliphatic imine (C=N–C) groups is 2. The molecule has 0 N–H and O–H groups in total. The van der Waals surface area contributed by atoms with Crippen LogP contribution in [-0.2, 0) is 0 Å². The zero-order chi connectivity index (χ0) is 12.5. The lowest BCUT2D eigenvalue weighted by Gasteiger charge is -2.35. The minimum Gasteiger partial charge on any atom is -0.323 e. The van der Waals surface area contributed by atoms with Crippen LogP contribution in [0.2, 0.25) is 0 Å². The van der Waals surface area contributed by atoms with E-state index in [1.54, 1.807) is 0 Å². The van der Waals surface area contributed by atoms with Crippen LogP contribution in [0.3, 0.4) is 0 Å². The topological polar surface area (TPSA) is 28.0 Å². The average molecular weight is 239 g/mol. The molecule has 3 nitrogen and oxygen atoms in total. The quantitative estimate of drug-likeness (QED) is 0.740. The van der Waals surface area contributed by atoms with Gasteiger partial charge in [0.1, 0.15) is 5.84 Å². The third-order valence-electron chi connectivity index (χ3n) is 3.56. The summed E-state index contributed by atoms with van der Waals surface area (Å²) < 4.78 is 0. The summed E-state index contributed by atoms with van der Waals surface area (Å²) in [4.78, 5) is 10.9. The minimum absolute atomic E-state index is 0.390. The molecule has 2 aliphatic heterocycles. The van der Waals surface area contributed by atoms with E-state index in [-0.39, 0.29) is 0 Å². The van der Waals surface area contributed by atoms with E-state index < -0.39 is 0 Å². The van der Waals surface area contributed by atoms with Crippen molar-refractivity contribution in [3.05, 3.63) is 47.3 Å². The molecule has 2 aliphatic rings. The van der Waals surface area contributed by atoms with Gasteiger partial charge in [-0.1, -0.05) is 23.8 Å². The van der Waals surface area contributed by atoms with Gasteiger partial charge in [-0.15, -0.1) is 0 Å². The fraction of sp³-hybridized carbons (Fsp3) is 0.333. The lowest BCUT2D eigenvalue weighted by Crippen LogP contribution is -2.36. The number of amidine groups is 1. The molecule has 1 atom stereocenters. The fourth-order valence-electron chi connectivity index (χ4n) is 2.69. The van der Waals surface area contributed by atoms with E-state index in [0.29, 0.717) is 6.04 Å². The molecular formula is C15H17N3. The van der Waals surface area contributed by atoms with Crippen molar-refractivity contribution in [3.63, 3.8) is 0 Å². The second kappa shape index (κ2) is 4.41. The number of nitrogens with zero attached hydrogens (tertiary/aromatic N) is 3. The zero-order valence-electron chi connectivity index (χ0n) is 10.8. The van der Waals surface area contributed by atoms with Gasteiger partial charge in [0.25, 0.3) is 0 Å². The molecule has 92 valence electrons. The maximum atomic E-state index is 4.52. The molecule has 18 heavy (non-hydrogen) atoms. The van der Waals surface area contributed by atoms with Crippen molar-refractivity contribution in [1.29, 1.82) is 0 Å². The van der Waals surface area contributed by atoms with Crippen LogP contribution < -0.4 is 0 Å². The molecule has 0 fully saturated rings. The van der Waals surface area contributed by atoms with E-state index in [0.717, 1.165) is 18.8 Å². The molecule has 1 unspecified atom stereocenters. The first-order valence-electron chi connectivity index (χ1n) is 6.35. The van der Waals surface area contributed by atoms with Crippen molar-refractivity contribution in [2.45, 2.75) is 26.3 Å². The molecule has 3 heteroatoms. The maximum absolute atomic E-state index is 4.52. The molecule has 0 saturated heterocycles. The van der Waals surface area contributed by atoms with Gasteiger partial charge in [-0.05, 0) is 31.4 Å². The number of fused-ring (bicyclic) bond motifs is 1. The summed E-state index contributed by atoms with van der Waals surface area (Å²) in [5.41, 5.74) is 4.07. The van der Waals surface area contributed by atoms with Crippen LogP contribution >= 0.6 is 0 Å². The smallest absolute Gasteiger partial charge is 0.146 e. The van der Waals surface area contributed by atoms with Crippen molar-refractivity contribution >= 4 is 12.1 Å². The molecular weight excluding hydrogens is 222 g/mol. The van der Waals surface area contributed by atoms with E-state index in [9.17, 15) is 0 Å². The SMILES string of the molecule is Cc1ccc(C2CCN=C3C=NC=CN32)c(C)c1. The molecule has 0 aliphatic carbocycles. The van der Waals surface area contributed by atoms with Crippen LogP contribution in [0.15, 0.2) is 40.6 Å². The number of hydrogen-bond acceptors (Lipinski definition) is 3. The van der Waals surface area contributed by atoms with E-state index in [1.165, 1.54) is 16.7 Å². The minimum atomic E-state index is 0.390. The number of rotatable bonds is 1. The van der Waals surface area contributed by atoms with Crippen LogP contribution in [0, 0.1) is 13.8 Å². The number of benzene rings is 1. The van der Waals surface area contributed by atoms with E-state index in [1.807, 2.05) is 18.6 Å². The van der Waals surface area contributed by atoms with Crippen LogP contribution in [0.4, 0.5) is 0 Å². The first-order valence-corrected chi connectivity index (χ1v) is 6.35. The van der Waals surface area contributed by atoms with Gasteiger partial charge >= 0.3 is 0 Å². The third kappa shape index (κ3) is 1.86. The fourth-order valence-corrected chi connectivity index (χ4v) is 2.69. The summed E-state index contributed by atoms with van der Waals surface area (Å²) in [6.45, 7) is 5.21. The molecule has 0 saturated carbocycles. The Morgan fingerprint density at radius 1 is 1.28 bits per heavy atom.